The molecule has 0 amide bonds. The van der Waals surface area contributed by atoms with Crippen molar-refractivity contribution < 1.29 is 9.26 Å². The van der Waals surface area contributed by atoms with Crippen LogP contribution < -0.4 is 15.8 Å². The third-order valence-electron chi connectivity index (χ3n) is 2.24. The Morgan fingerprint density at radius 2 is 2.28 bits per heavy atom. The van der Waals surface area contributed by atoms with Crippen LogP contribution in [0.2, 0.25) is 0 Å². The van der Waals surface area contributed by atoms with Crippen molar-refractivity contribution in [3.8, 4) is 5.88 Å². The van der Waals surface area contributed by atoms with Gasteiger partial charge in [-0.1, -0.05) is 5.16 Å². The Morgan fingerprint density at radius 3 is 2.94 bits per heavy atom. The summed E-state index contributed by atoms with van der Waals surface area (Å²) in [6.45, 7) is 2.35. The first-order chi connectivity index (χ1) is 8.70. The van der Waals surface area contributed by atoms with Gasteiger partial charge in [-0.3, -0.25) is 0 Å². The highest BCUT2D eigenvalue weighted by Crippen LogP contribution is 2.23. The van der Waals surface area contributed by atoms with Gasteiger partial charge >= 0.3 is 0 Å². The molecule has 0 fully saturated rings. The number of nitrogens with one attached hydrogen (secondary N) is 1. The molecule has 0 radical (unpaired) electrons. The lowest BCUT2D eigenvalue weighted by Gasteiger charge is -2.08. The van der Waals surface area contributed by atoms with Crippen LogP contribution in [-0.4, -0.2) is 33.8 Å². The van der Waals surface area contributed by atoms with E-state index in [2.05, 4.69) is 25.4 Å². The van der Waals surface area contributed by atoms with Gasteiger partial charge in [0, 0.05) is 13.0 Å². The Morgan fingerprint density at radius 1 is 1.44 bits per heavy atom. The second-order valence-electron chi connectivity index (χ2n) is 3.56. The van der Waals surface area contributed by atoms with E-state index < -0.39 is 0 Å². The molecule has 0 aromatic carbocycles. The van der Waals surface area contributed by atoms with Crippen molar-refractivity contribution in [2.75, 3.05) is 24.7 Å². The number of ether oxygens (including phenoxy) is 1. The summed E-state index contributed by atoms with van der Waals surface area (Å²) in [5, 5.41) is 6.76. The molecule has 2 aromatic heterocycles. The number of methoxy groups -OCH3 is 1. The molecule has 0 aliphatic rings. The number of rotatable bonds is 5. The molecular weight excluding hydrogens is 236 g/mol. The normalized spacial score (nSPS) is 10.3. The number of nitrogens with two attached hydrogens (primary N) is 1. The molecule has 2 rings (SSSR count). The van der Waals surface area contributed by atoms with Crippen molar-refractivity contribution in [1.82, 2.24) is 20.1 Å². The zero-order valence-corrected chi connectivity index (χ0v) is 10.2. The summed E-state index contributed by atoms with van der Waals surface area (Å²) in [6.07, 6.45) is 1.97. The van der Waals surface area contributed by atoms with Crippen molar-refractivity contribution in [2.45, 2.75) is 13.3 Å². The van der Waals surface area contributed by atoms with Crippen LogP contribution in [0.15, 0.2) is 10.9 Å². The van der Waals surface area contributed by atoms with Crippen molar-refractivity contribution in [3.05, 3.63) is 18.0 Å². The molecule has 0 saturated heterocycles. The number of aromatic nitrogens is 4. The molecule has 2 heterocycles. The number of nitrogens with zero attached hydrogens (tertiary/aromatic N) is 4. The summed E-state index contributed by atoms with van der Waals surface area (Å²) in [5.74, 6) is 2.06. The van der Waals surface area contributed by atoms with Gasteiger partial charge in [0.25, 0.3) is 0 Å². The Hall–Kier alpha value is -2.38. The van der Waals surface area contributed by atoms with Gasteiger partial charge in [0.2, 0.25) is 11.8 Å². The van der Waals surface area contributed by atoms with Gasteiger partial charge < -0.3 is 20.3 Å². The highest BCUT2D eigenvalue weighted by Gasteiger charge is 2.08. The average Bonchev–Trinajstić information content (AvgIpc) is 2.77. The summed E-state index contributed by atoms with van der Waals surface area (Å²) >= 11 is 0. The first kappa shape index (κ1) is 12.1. The fourth-order valence-electron chi connectivity index (χ4n) is 1.41. The maximum Gasteiger partial charge on any atom is 0.242 e. The van der Waals surface area contributed by atoms with Gasteiger partial charge in [-0.2, -0.15) is 9.97 Å². The van der Waals surface area contributed by atoms with Gasteiger partial charge in [-0.05, 0) is 6.92 Å². The molecule has 2 aromatic rings. The van der Waals surface area contributed by atoms with Crippen molar-refractivity contribution >= 4 is 11.5 Å². The van der Waals surface area contributed by atoms with Crippen LogP contribution in [0.25, 0.3) is 0 Å². The predicted octanol–water partition coefficient (Wildman–Crippen LogP) is 0.413. The van der Waals surface area contributed by atoms with Gasteiger partial charge in [0.1, 0.15) is 12.0 Å². The highest BCUT2D eigenvalue weighted by molar-refractivity contribution is 5.66. The van der Waals surface area contributed by atoms with E-state index in [-0.39, 0.29) is 0 Å². The van der Waals surface area contributed by atoms with E-state index in [1.165, 1.54) is 13.4 Å². The first-order valence-corrected chi connectivity index (χ1v) is 5.38. The molecule has 96 valence electrons. The molecule has 8 nitrogen and oxygen atoms in total. The van der Waals surface area contributed by atoms with Crippen molar-refractivity contribution in [2.24, 2.45) is 0 Å². The molecular formula is C10H14N6O2. The topological polar surface area (TPSA) is 112 Å². The third kappa shape index (κ3) is 2.65. The fourth-order valence-corrected chi connectivity index (χ4v) is 1.41. The maximum absolute atomic E-state index is 5.81. The van der Waals surface area contributed by atoms with E-state index in [1.807, 2.05) is 0 Å². The van der Waals surface area contributed by atoms with E-state index in [4.69, 9.17) is 15.0 Å². The Labute approximate surface area is 104 Å². The zero-order valence-electron chi connectivity index (χ0n) is 10.2. The van der Waals surface area contributed by atoms with Crippen LogP contribution in [0.1, 0.15) is 11.7 Å². The van der Waals surface area contributed by atoms with Crippen LogP contribution in [0.5, 0.6) is 5.88 Å². The molecule has 0 unspecified atom stereocenters. The number of hydrogen-bond donors (Lipinski definition) is 2. The van der Waals surface area contributed by atoms with Gasteiger partial charge in [-0.15, -0.1) is 0 Å². The third-order valence-corrected chi connectivity index (χ3v) is 2.24. The van der Waals surface area contributed by atoms with Gasteiger partial charge in [-0.25, -0.2) is 4.98 Å². The predicted molar refractivity (Wildman–Crippen MR) is 64.2 cm³/mol. The Kier molecular flexibility index (Phi) is 3.56. The van der Waals surface area contributed by atoms with Crippen LogP contribution in [0, 0.1) is 6.92 Å². The van der Waals surface area contributed by atoms with Crippen molar-refractivity contribution in [3.63, 3.8) is 0 Å². The summed E-state index contributed by atoms with van der Waals surface area (Å²) < 4.78 is 9.98. The Balaban J connectivity index is 1.94. The van der Waals surface area contributed by atoms with Crippen LogP contribution in [-0.2, 0) is 6.42 Å². The van der Waals surface area contributed by atoms with E-state index in [0.29, 0.717) is 42.1 Å². The van der Waals surface area contributed by atoms with Crippen molar-refractivity contribution in [1.29, 1.82) is 0 Å². The molecule has 0 saturated carbocycles. The monoisotopic (exact) mass is 250 g/mol. The smallest absolute Gasteiger partial charge is 0.242 e. The number of anilines is 2. The number of hydrogen-bond acceptors (Lipinski definition) is 8. The van der Waals surface area contributed by atoms with Crippen LogP contribution >= 0.6 is 0 Å². The van der Waals surface area contributed by atoms with E-state index >= 15 is 0 Å². The SMILES string of the molecule is COc1ncnc(NCCc2nc(C)no2)c1N. The van der Waals surface area contributed by atoms with Crippen LogP contribution in [0.4, 0.5) is 11.5 Å². The second kappa shape index (κ2) is 5.30. The highest BCUT2D eigenvalue weighted by atomic mass is 16.5. The lowest BCUT2D eigenvalue weighted by molar-refractivity contribution is 0.377. The summed E-state index contributed by atoms with van der Waals surface area (Å²) in [6, 6.07) is 0. The fraction of sp³-hybridized carbons (Fsp3) is 0.400. The quantitative estimate of drug-likeness (QED) is 0.784. The molecule has 0 bridgehead atoms. The summed E-state index contributed by atoms with van der Waals surface area (Å²) in [7, 11) is 1.50. The standard InChI is InChI=1S/C10H14N6O2/c1-6-15-7(18-16-6)3-4-12-9-8(11)10(17-2)14-5-13-9/h5H,3-4,11H2,1-2H3,(H,12,13,14). The zero-order chi connectivity index (χ0) is 13.0. The average molecular weight is 250 g/mol. The molecule has 0 aliphatic heterocycles. The largest absolute Gasteiger partial charge is 0.479 e. The van der Waals surface area contributed by atoms with E-state index in [0.717, 1.165) is 0 Å². The van der Waals surface area contributed by atoms with Gasteiger partial charge in [0.15, 0.2) is 11.6 Å². The van der Waals surface area contributed by atoms with E-state index in [9.17, 15) is 0 Å². The minimum absolute atomic E-state index is 0.348. The number of nitrogen functional groups attached to an aromatic ring is 1. The summed E-state index contributed by atoms with van der Waals surface area (Å²) in [4.78, 5) is 12.0. The van der Waals surface area contributed by atoms with E-state index in [1.54, 1.807) is 6.92 Å². The minimum Gasteiger partial charge on any atom is -0.479 e. The molecule has 3 N–H and O–H groups in total. The first-order valence-electron chi connectivity index (χ1n) is 5.38. The lowest BCUT2D eigenvalue weighted by Crippen LogP contribution is -2.10. The second-order valence-corrected chi connectivity index (χ2v) is 3.56. The molecule has 0 spiro atoms. The maximum atomic E-state index is 5.81. The number of aryl methyl sites for hydroxylation is 1. The molecule has 18 heavy (non-hydrogen) atoms. The summed E-state index contributed by atoms with van der Waals surface area (Å²) in [5.41, 5.74) is 6.19. The molecule has 8 heteroatoms. The minimum atomic E-state index is 0.348. The lowest BCUT2D eigenvalue weighted by atomic mass is 10.4. The van der Waals surface area contributed by atoms with Crippen LogP contribution in [0.3, 0.4) is 0 Å². The Bertz CT molecular complexity index is 527. The van der Waals surface area contributed by atoms with Gasteiger partial charge in [0.05, 0.1) is 7.11 Å². The molecule has 0 atom stereocenters. The molecule has 0 aliphatic carbocycles.